The van der Waals surface area contributed by atoms with Gasteiger partial charge in [-0.05, 0) is 24.8 Å². The molecule has 1 aromatic carbocycles. The van der Waals surface area contributed by atoms with Crippen LogP contribution < -0.4 is 4.90 Å². The van der Waals surface area contributed by atoms with Crippen LogP contribution in [0.4, 0.5) is 5.82 Å². The van der Waals surface area contributed by atoms with Crippen LogP contribution in [0.25, 0.3) is 21.9 Å². The third-order valence-corrected chi connectivity index (χ3v) is 4.35. The molecular weight excluding hydrogens is 292 g/mol. The normalized spacial score (nSPS) is 14.4. The fourth-order valence-corrected chi connectivity index (χ4v) is 3.02. The summed E-state index contributed by atoms with van der Waals surface area (Å²) in [5, 5.41) is 11.1. The van der Waals surface area contributed by atoms with E-state index in [-0.39, 0.29) is 6.42 Å². The van der Waals surface area contributed by atoms with Gasteiger partial charge in [0.05, 0.1) is 11.8 Å². The molecule has 1 saturated carbocycles. The molecule has 1 fully saturated rings. The minimum Gasteiger partial charge on any atom is -0.481 e. The summed E-state index contributed by atoms with van der Waals surface area (Å²) in [6, 6.07) is 8.04. The number of nitrogens with zero attached hydrogens (tertiary/aromatic N) is 3. The molecule has 2 aromatic heterocycles. The third-order valence-electron chi connectivity index (χ3n) is 4.35. The maximum atomic E-state index is 11.0. The molecule has 6 heteroatoms. The minimum absolute atomic E-state index is 0.112. The molecule has 0 aliphatic heterocycles. The lowest BCUT2D eigenvalue weighted by Gasteiger charge is -2.23. The Morgan fingerprint density at radius 3 is 2.91 bits per heavy atom. The summed E-state index contributed by atoms with van der Waals surface area (Å²) in [5.74, 6) is 0.703. The lowest BCUT2D eigenvalue weighted by atomic mass is 10.2. The first-order valence-electron chi connectivity index (χ1n) is 7.90. The average Bonchev–Trinajstić information content (AvgIpc) is 3.28. The Morgan fingerprint density at radius 1 is 1.30 bits per heavy atom. The minimum atomic E-state index is -0.782. The second-order valence-electron chi connectivity index (χ2n) is 6.12. The van der Waals surface area contributed by atoms with Gasteiger partial charge in [-0.15, -0.1) is 0 Å². The van der Waals surface area contributed by atoms with Crippen molar-refractivity contribution in [3.05, 3.63) is 30.6 Å². The third kappa shape index (κ3) is 2.72. The Labute approximate surface area is 133 Å². The summed E-state index contributed by atoms with van der Waals surface area (Å²) >= 11 is 0. The van der Waals surface area contributed by atoms with E-state index in [1.54, 1.807) is 6.33 Å². The van der Waals surface area contributed by atoms with E-state index in [1.165, 1.54) is 12.8 Å². The topological polar surface area (TPSA) is 82.1 Å². The fraction of sp³-hybridized carbons (Fsp3) is 0.353. The van der Waals surface area contributed by atoms with Crippen molar-refractivity contribution in [1.29, 1.82) is 0 Å². The zero-order valence-corrected chi connectivity index (χ0v) is 12.7. The summed E-state index contributed by atoms with van der Waals surface area (Å²) < 4.78 is 0. The quantitative estimate of drug-likeness (QED) is 0.731. The van der Waals surface area contributed by atoms with Gasteiger partial charge in [-0.2, -0.15) is 0 Å². The summed E-state index contributed by atoms with van der Waals surface area (Å²) in [6.07, 6.45) is 4.09. The van der Waals surface area contributed by atoms with Crippen molar-refractivity contribution in [3.8, 4) is 0 Å². The standard InChI is InChI=1S/C17H18N4O2/c22-14(23)7-8-21(9-11-5-6-11)17-15-12-3-1-2-4-13(12)20-16(15)18-10-19-17/h1-4,10-11H,5-9H2,(H,22,23)(H,18,19,20). The first kappa shape index (κ1) is 14.0. The number of benzene rings is 1. The lowest BCUT2D eigenvalue weighted by molar-refractivity contribution is -0.136. The van der Waals surface area contributed by atoms with Gasteiger partial charge in [0.15, 0.2) is 0 Å². The van der Waals surface area contributed by atoms with E-state index in [0.29, 0.717) is 12.5 Å². The van der Waals surface area contributed by atoms with Crippen molar-refractivity contribution in [2.45, 2.75) is 19.3 Å². The summed E-state index contributed by atoms with van der Waals surface area (Å²) in [6.45, 7) is 1.33. The molecule has 0 bridgehead atoms. The number of anilines is 1. The molecule has 0 spiro atoms. The largest absolute Gasteiger partial charge is 0.481 e. The van der Waals surface area contributed by atoms with Crippen LogP contribution in [-0.2, 0) is 4.79 Å². The molecule has 0 unspecified atom stereocenters. The zero-order chi connectivity index (χ0) is 15.8. The second-order valence-corrected chi connectivity index (χ2v) is 6.12. The van der Waals surface area contributed by atoms with Crippen LogP contribution in [0.1, 0.15) is 19.3 Å². The number of rotatable bonds is 6. The SMILES string of the molecule is O=C(O)CCN(CC1CC1)c1ncnc2[nH]c3ccccc3c12. The molecule has 1 aliphatic carbocycles. The number of aromatic amines is 1. The van der Waals surface area contributed by atoms with Gasteiger partial charge in [0.1, 0.15) is 17.8 Å². The summed E-state index contributed by atoms with van der Waals surface area (Å²) in [7, 11) is 0. The van der Waals surface area contributed by atoms with Crippen LogP contribution in [0.5, 0.6) is 0 Å². The Morgan fingerprint density at radius 2 is 2.13 bits per heavy atom. The molecule has 2 heterocycles. The number of carboxylic acids is 1. The van der Waals surface area contributed by atoms with Gasteiger partial charge in [0.25, 0.3) is 0 Å². The van der Waals surface area contributed by atoms with Gasteiger partial charge < -0.3 is 15.0 Å². The van der Waals surface area contributed by atoms with Crippen molar-refractivity contribution < 1.29 is 9.90 Å². The van der Waals surface area contributed by atoms with Crippen LogP contribution in [0.3, 0.4) is 0 Å². The van der Waals surface area contributed by atoms with Crippen molar-refractivity contribution in [1.82, 2.24) is 15.0 Å². The Balaban J connectivity index is 1.81. The summed E-state index contributed by atoms with van der Waals surface area (Å²) in [5.41, 5.74) is 1.82. The van der Waals surface area contributed by atoms with Gasteiger partial charge >= 0.3 is 5.97 Å². The van der Waals surface area contributed by atoms with Crippen molar-refractivity contribution in [2.24, 2.45) is 5.92 Å². The molecule has 118 valence electrons. The number of aliphatic carboxylic acids is 1. The van der Waals surface area contributed by atoms with Crippen LogP contribution in [0, 0.1) is 5.92 Å². The lowest BCUT2D eigenvalue weighted by Crippen LogP contribution is -2.29. The molecule has 4 rings (SSSR count). The van der Waals surface area contributed by atoms with Crippen molar-refractivity contribution in [3.63, 3.8) is 0 Å². The van der Waals surface area contributed by atoms with Gasteiger partial charge in [0.2, 0.25) is 0 Å². The van der Waals surface area contributed by atoms with Crippen LogP contribution in [0.2, 0.25) is 0 Å². The van der Waals surface area contributed by atoms with Gasteiger partial charge in [-0.1, -0.05) is 18.2 Å². The number of hydrogen-bond acceptors (Lipinski definition) is 4. The Bertz CT molecular complexity index is 869. The van der Waals surface area contributed by atoms with Gasteiger partial charge in [0, 0.05) is 24.0 Å². The number of fused-ring (bicyclic) bond motifs is 3. The predicted molar refractivity (Wildman–Crippen MR) is 88.6 cm³/mol. The first-order valence-corrected chi connectivity index (χ1v) is 7.90. The molecule has 6 nitrogen and oxygen atoms in total. The highest BCUT2D eigenvalue weighted by atomic mass is 16.4. The number of H-pyrrole nitrogens is 1. The number of nitrogens with one attached hydrogen (secondary N) is 1. The highest BCUT2D eigenvalue weighted by Gasteiger charge is 2.26. The van der Waals surface area contributed by atoms with Gasteiger partial charge in [-0.3, -0.25) is 4.79 Å². The maximum absolute atomic E-state index is 11.0. The predicted octanol–water partition coefficient (Wildman–Crippen LogP) is 2.80. The van der Waals surface area contributed by atoms with E-state index in [2.05, 4.69) is 19.9 Å². The molecule has 0 amide bonds. The number of aromatic nitrogens is 3. The smallest absolute Gasteiger partial charge is 0.305 e. The number of carboxylic acid groups (broad SMARTS) is 1. The monoisotopic (exact) mass is 310 g/mol. The van der Waals surface area contributed by atoms with Crippen LogP contribution >= 0.6 is 0 Å². The molecule has 0 atom stereocenters. The van der Waals surface area contributed by atoms with E-state index in [0.717, 1.165) is 34.3 Å². The molecule has 23 heavy (non-hydrogen) atoms. The van der Waals surface area contributed by atoms with E-state index in [9.17, 15) is 4.79 Å². The highest BCUT2D eigenvalue weighted by Crippen LogP contribution is 2.35. The summed E-state index contributed by atoms with van der Waals surface area (Å²) in [4.78, 5) is 25.2. The van der Waals surface area contributed by atoms with Crippen molar-refractivity contribution >= 4 is 33.7 Å². The average molecular weight is 310 g/mol. The zero-order valence-electron chi connectivity index (χ0n) is 12.7. The molecule has 0 saturated heterocycles. The molecule has 3 aromatic rings. The van der Waals surface area contributed by atoms with E-state index >= 15 is 0 Å². The number of para-hydroxylation sites is 1. The van der Waals surface area contributed by atoms with Crippen LogP contribution in [-0.4, -0.2) is 39.1 Å². The van der Waals surface area contributed by atoms with Crippen LogP contribution in [0.15, 0.2) is 30.6 Å². The van der Waals surface area contributed by atoms with E-state index in [1.807, 2.05) is 24.3 Å². The number of hydrogen-bond donors (Lipinski definition) is 2. The van der Waals surface area contributed by atoms with Crippen molar-refractivity contribution in [2.75, 3.05) is 18.0 Å². The molecule has 0 radical (unpaired) electrons. The van der Waals surface area contributed by atoms with Gasteiger partial charge in [-0.25, -0.2) is 9.97 Å². The number of carbonyl (C=O) groups is 1. The molecule has 1 aliphatic rings. The second kappa shape index (κ2) is 5.53. The Hall–Kier alpha value is -2.63. The Kier molecular flexibility index (Phi) is 3.37. The highest BCUT2D eigenvalue weighted by molar-refractivity contribution is 6.11. The maximum Gasteiger partial charge on any atom is 0.305 e. The van der Waals surface area contributed by atoms with E-state index in [4.69, 9.17) is 5.11 Å². The first-order chi connectivity index (χ1) is 11.2. The van der Waals surface area contributed by atoms with E-state index < -0.39 is 5.97 Å². The fourth-order valence-electron chi connectivity index (χ4n) is 3.02. The molecule has 2 N–H and O–H groups in total. The molecular formula is C17H18N4O2.